The summed E-state index contributed by atoms with van der Waals surface area (Å²) in [6.45, 7) is 1.64. The summed E-state index contributed by atoms with van der Waals surface area (Å²) in [4.78, 5) is 16.6. The van der Waals surface area contributed by atoms with E-state index in [4.69, 9.17) is 4.74 Å². The van der Waals surface area contributed by atoms with E-state index in [1.54, 1.807) is 19.4 Å². The van der Waals surface area contributed by atoms with Crippen molar-refractivity contribution < 1.29 is 9.53 Å². The number of pyridine rings is 1. The first kappa shape index (κ1) is 11.9. The van der Waals surface area contributed by atoms with Gasteiger partial charge in [0.1, 0.15) is 5.75 Å². The van der Waals surface area contributed by atoms with Crippen molar-refractivity contribution in [3.63, 3.8) is 0 Å². The Hall–Kier alpha value is -2.14. The number of benzene rings is 1. The molecule has 1 aliphatic rings. The summed E-state index contributed by atoms with van der Waals surface area (Å²) >= 11 is 0. The van der Waals surface area contributed by atoms with Gasteiger partial charge in [0.15, 0.2) is 0 Å². The Morgan fingerprint density at radius 1 is 1.47 bits per heavy atom. The van der Waals surface area contributed by atoms with Crippen molar-refractivity contribution in [2.45, 2.75) is 6.04 Å². The van der Waals surface area contributed by atoms with Gasteiger partial charge in [0, 0.05) is 24.7 Å². The minimum Gasteiger partial charge on any atom is -0.497 e. The maximum Gasteiger partial charge on any atom is 0.253 e. The molecule has 3 rings (SSSR count). The van der Waals surface area contributed by atoms with Gasteiger partial charge in [-0.25, -0.2) is 0 Å². The second-order valence-electron chi connectivity index (χ2n) is 4.58. The highest BCUT2D eigenvalue weighted by Gasteiger charge is 2.21. The Kier molecular flexibility index (Phi) is 3.05. The van der Waals surface area contributed by atoms with Gasteiger partial charge in [0.05, 0.1) is 24.2 Å². The number of nitrogens with one attached hydrogen (secondary N) is 2. The summed E-state index contributed by atoms with van der Waals surface area (Å²) in [6, 6.07) is 7.59. The number of carbonyl (C=O) groups excluding carboxylic acids is 1. The normalized spacial score (nSPS) is 15.0. The number of rotatable bonds is 3. The van der Waals surface area contributed by atoms with Crippen molar-refractivity contribution in [1.82, 2.24) is 15.6 Å². The third-order valence-electron chi connectivity index (χ3n) is 3.28. The second-order valence-corrected chi connectivity index (χ2v) is 4.58. The van der Waals surface area contributed by atoms with E-state index in [2.05, 4.69) is 15.6 Å². The van der Waals surface area contributed by atoms with Gasteiger partial charge in [0.2, 0.25) is 0 Å². The Labute approximate surface area is 111 Å². The van der Waals surface area contributed by atoms with Crippen LogP contribution < -0.4 is 15.4 Å². The lowest BCUT2D eigenvalue weighted by Gasteiger charge is -2.28. The number of hydrogen-bond acceptors (Lipinski definition) is 4. The Balaban J connectivity index is 2.02. The molecule has 5 nitrogen and oxygen atoms in total. The summed E-state index contributed by atoms with van der Waals surface area (Å²) in [7, 11) is 1.59. The first-order valence-electron chi connectivity index (χ1n) is 6.22. The number of carbonyl (C=O) groups is 1. The zero-order valence-electron chi connectivity index (χ0n) is 10.6. The fourth-order valence-electron chi connectivity index (χ4n) is 2.11. The van der Waals surface area contributed by atoms with Crippen LogP contribution in [0.5, 0.6) is 5.75 Å². The molecule has 1 aromatic carbocycles. The number of aromatic nitrogens is 1. The Morgan fingerprint density at radius 2 is 2.32 bits per heavy atom. The van der Waals surface area contributed by atoms with E-state index in [1.807, 2.05) is 18.2 Å². The molecule has 2 aromatic rings. The standard InChI is InChI=1S/C14H15N3O2/c1-19-11-5-9-3-2-4-16-13(9)12(6-11)14(18)17-10-7-15-8-10/h2-6,10,15H,7-8H2,1H3,(H,17,18). The van der Waals surface area contributed by atoms with E-state index >= 15 is 0 Å². The summed E-state index contributed by atoms with van der Waals surface area (Å²) in [5, 5.41) is 7.00. The highest BCUT2D eigenvalue weighted by atomic mass is 16.5. The fraction of sp³-hybridized carbons (Fsp3) is 0.286. The fourth-order valence-corrected chi connectivity index (χ4v) is 2.11. The van der Waals surface area contributed by atoms with Crippen LogP contribution in [-0.4, -0.2) is 37.1 Å². The molecule has 2 heterocycles. The molecule has 0 aliphatic carbocycles. The molecule has 0 unspecified atom stereocenters. The van der Waals surface area contributed by atoms with Crippen LogP contribution >= 0.6 is 0 Å². The lowest BCUT2D eigenvalue weighted by Crippen LogP contribution is -2.56. The lowest BCUT2D eigenvalue weighted by molar-refractivity contribution is 0.0925. The molecule has 2 N–H and O–H groups in total. The SMILES string of the molecule is COc1cc(C(=O)NC2CNC2)c2ncccc2c1. The van der Waals surface area contributed by atoms with Crippen LogP contribution in [0.3, 0.4) is 0 Å². The van der Waals surface area contributed by atoms with Gasteiger partial charge in [-0.15, -0.1) is 0 Å². The van der Waals surface area contributed by atoms with E-state index in [0.29, 0.717) is 16.8 Å². The Morgan fingerprint density at radius 3 is 3.00 bits per heavy atom. The van der Waals surface area contributed by atoms with Crippen LogP contribution in [0, 0.1) is 0 Å². The number of fused-ring (bicyclic) bond motifs is 1. The molecular formula is C14H15N3O2. The predicted octanol–water partition coefficient (Wildman–Crippen LogP) is 0.945. The minimum atomic E-state index is -0.103. The molecule has 1 amide bonds. The van der Waals surface area contributed by atoms with Crippen molar-refractivity contribution in [2.75, 3.05) is 20.2 Å². The van der Waals surface area contributed by atoms with Gasteiger partial charge >= 0.3 is 0 Å². The van der Waals surface area contributed by atoms with Crippen molar-refractivity contribution in [2.24, 2.45) is 0 Å². The molecule has 0 spiro atoms. The number of methoxy groups -OCH3 is 1. The average Bonchev–Trinajstić information content (AvgIpc) is 2.41. The molecular weight excluding hydrogens is 242 g/mol. The molecule has 1 aliphatic heterocycles. The highest BCUT2D eigenvalue weighted by molar-refractivity contribution is 6.06. The molecule has 1 aromatic heterocycles. The topological polar surface area (TPSA) is 63.2 Å². The first-order valence-corrected chi connectivity index (χ1v) is 6.22. The zero-order valence-corrected chi connectivity index (χ0v) is 10.6. The number of ether oxygens (including phenoxy) is 1. The predicted molar refractivity (Wildman–Crippen MR) is 72.4 cm³/mol. The van der Waals surface area contributed by atoms with E-state index in [9.17, 15) is 4.79 Å². The van der Waals surface area contributed by atoms with E-state index in [1.165, 1.54) is 0 Å². The molecule has 19 heavy (non-hydrogen) atoms. The van der Waals surface area contributed by atoms with E-state index in [0.717, 1.165) is 18.5 Å². The Bertz CT molecular complexity index is 623. The molecule has 0 bridgehead atoms. The summed E-state index contributed by atoms with van der Waals surface area (Å²) < 4.78 is 5.24. The van der Waals surface area contributed by atoms with E-state index < -0.39 is 0 Å². The van der Waals surface area contributed by atoms with Crippen LogP contribution in [0.2, 0.25) is 0 Å². The maximum absolute atomic E-state index is 12.3. The quantitative estimate of drug-likeness (QED) is 0.859. The van der Waals surface area contributed by atoms with Crippen LogP contribution in [0.25, 0.3) is 10.9 Å². The molecule has 0 saturated carbocycles. The number of amides is 1. The third-order valence-corrected chi connectivity index (χ3v) is 3.28. The van der Waals surface area contributed by atoms with Crippen molar-refractivity contribution >= 4 is 16.8 Å². The highest BCUT2D eigenvalue weighted by Crippen LogP contribution is 2.23. The van der Waals surface area contributed by atoms with Crippen molar-refractivity contribution in [1.29, 1.82) is 0 Å². The molecule has 1 saturated heterocycles. The molecule has 5 heteroatoms. The third kappa shape index (κ3) is 2.24. The average molecular weight is 257 g/mol. The van der Waals surface area contributed by atoms with Crippen LogP contribution in [0.15, 0.2) is 30.5 Å². The van der Waals surface area contributed by atoms with Gasteiger partial charge in [0.25, 0.3) is 5.91 Å². The van der Waals surface area contributed by atoms with Crippen molar-refractivity contribution in [3.05, 3.63) is 36.0 Å². The van der Waals surface area contributed by atoms with E-state index in [-0.39, 0.29) is 11.9 Å². The largest absolute Gasteiger partial charge is 0.497 e. The number of hydrogen-bond donors (Lipinski definition) is 2. The van der Waals surface area contributed by atoms with Crippen molar-refractivity contribution in [3.8, 4) is 5.75 Å². The molecule has 0 radical (unpaired) electrons. The summed E-state index contributed by atoms with van der Waals surface area (Å²) in [5.74, 6) is 0.562. The van der Waals surface area contributed by atoms with Gasteiger partial charge < -0.3 is 15.4 Å². The van der Waals surface area contributed by atoms with Crippen LogP contribution in [0.1, 0.15) is 10.4 Å². The van der Waals surface area contributed by atoms with Gasteiger partial charge in [-0.05, 0) is 18.2 Å². The second kappa shape index (κ2) is 4.85. The van der Waals surface area contributed by atoms with Crippen LogP contribution in [0.4, 0.5) is 0 Å². The van der Waals surface area contributed by atoms with Gasteiger partial charge in [-0.1, -0.05) is 6.07 Å². The summed E-state index contributed by atoms with van der Waals surface area (Å²) in [6.07, 6.45) is 1.69. The minimum absolute atomic E-state index is 0.103. The molecule has 1 fully saturated rings. The molecule has 98 valence electrons. The van der Waals surface area contributed by atoms with Crippen LogP contribution in [-0.2, 0) is 0 Å². The first-order chi connectivity index (χ1) is 9.28. The monoisotopic (exact) mass is 257 g/mol. The van der Waals surface area contributed by atoms with Gasteiger partial charge in [-0.2, -0.15) is 0 Å². The molecule has 0 atom stereocenters. The number of nitrogens with zero attached hydrogens (tertiary/aromatic N) is 1. The zero-order chi connectivity index (χ0) is 13.2. The summed E-state index contributed by atoms with van der Waals surface area (Å²) in [5.41, 5.74) is 1.26. The maximum atomic E-state index is 12.3. The van der Waals surface area contributed by atoms with Gasteiger partial charge in [-0.3, -0.25) is 9.78 Å². The lowest BCUT2D eigenvalue weighted by atomic mass is 10.1. The smallest absolute Gasteiger partial charge is 0.253 e.